The average molecular weight is 275 g/mol. The second-order valence-corrected chi connectivity index (χ2v) is 6.21. The summed E-state index contributed by atoms with van der Waals surface area (Å²) >= 11 is 0. The number of piperidine rings is 1. The van der Waals surface area contributed by atoms with E-state index in [1.807, 2.05) is 12.1 Å². The van der Waals surface area contributed by atoms with Crippen LogP contribution in [0.4, 0.5) is 0 Å². The molecule has 1 saturated heterocycles. The van der Waals surface area contributed by atoms with Gasteiger partial charge in [0.15, 0.2) is 0 Å². The minimum Gasteiger partial charge on any atom is -0.508 e. The summed E-state index contributed by atoms with van der Waals surface area (Å²) in [5.41, 5.74) is 2.53. The molecule has 20 heavy (non-hydrogen) atoms. The first-order chi connectivity index (χ1) is 9.79. The first-order valence-electron chi connectivity index (χ1n) is 7.83. The maximum absolute atomic E-state index is 10.1. The average Bonchev–Trinajstić information content (AvgIpc) is 2.48. The summed E-state index contributed by atoms with van der Waals surface area (Å²) in [6.45, 7) is 3.18. The Balaban J connectivity index is 1.80. The molecular weight excluding hydrogens is 250 g/mol. The number of methoxy groups -OCH3 is 1. The first-order valence-corrected chi connectivity index (χ1v) is 7.83. The Kier molecular flexibility index (Phi) is 4.27. The predicted molar refractivity (Wildman–Crippen MR) is 80.0 cm³/mol. The fourth-order valence-electron chi connectivity index (χ4n) is 3.94. The Bertz CT molecular complexity index is 458. The van der Waals surface area contributed by atoms with Crippen LogP contribution in [-0.2, 0) is 11.2 Å². The third-order valence-electron chi connectivity index (χ3n) is 4.84. The second kappa shape index (κ2) is 6.15. The van der Waals surface area contributed by atoms with Gasteiger partial charge < -0.3 is 9.84 Å². The van der Waals surface area contributed by atoms with Crippen molar-refractivity contribution in [2.24, 2.45) is 5.92 Å². The molecule has 1 aromatic rings. The van der Waals surface area contributed by atoms with Crippen LogP contribution in [-0.4, -0.2) is 36.8 Å². The van der Waals surface area contributed by atoms with E-state index in [4.69, 9.17) is 4.74 Å². The highest BCUT2D eigenvalue weighted by atomic mass is 16.5. The zero-order chi connectivity index (χ0) is 13.9. The molecule has 1 heterocycles. The third-order valence-corrected chi connectivity index (χ3v) is 4.84. The Morgan fingerprint density at radius 3 is 3.05 bits per heavy atom. The van der Waals surface area contributed by atoms with Gasteiger partial charge in [-0.15, -0.1) is 0 Å². The van der Waals surface area contributed by atoms with Gasteiger partial charge in [0.25, 0.3) is 0 Å². The van der Waals surface area contributed by atoms with Crippen LogP contribution in [0.1, 0.15) is 42.9 Å². The van der Waals surface area contributed by atoms with Gasteiger partial charge >= 0.3 is 0 Å². The number of phenolic OH excluding ortho intramolecular Hbond substituents is 1. The fourth-order valence-corrected chi connectivity index (χ4v) is 3.94. The van der Waals surface area contributed by atoms with Crippen molar-refractivity contribution in [1.29, 1.82) is 0 Å². The minimum absolute atomic E-state index is 0.484. The standard InChI is InChI=1S/C17H25NO2/c1-20-12-13-5-4-10-18(11-13)16-8-2-7-15-14(16)6-3-9-17(15)19/h3,6,9,13,16,19H,2,4-5,7-8,10-12H2,1H3. The smallest absolute Gasteiger partial charge is 0.119 e. The molecule has 2 unspecified atom stereocenters. The van der Waals surface area contributed by atoms with Gasteiger partial charge in [-0.25, -0.2) is 0 Å². The number of benzene rings is 1. The summed E-state index contributed by atoms with van der Waals surface area (Å²) in [6, 6.07) is 6.51. The highest BCUT2D eigenvalue weighted by Crippen LogP contribution is 2.39. The lowest BCUT2D eigenvalue weighted by Gasteiger charge is -2.40. The van der Waals surface area contributed by atoms with Gasteiger partial charge in [0.2, 0.25) is 0 Å². The summed E-state index contributed by atoms with van der Waals surface area (Å²) in [5.74, 6) is 1.15. The Morgan fingerprint density at radius 1 is 1.30 bits per heavy atom. The molecule has 1 aliphatic carbocycles. The number of rotatable bonds is 3. The quantitative estimate of drug-likeness (QED) is 0.920. The van der Waals surface area contributed by atoms with Gasteiger partial charge in [-0.05, 0) is 61.8 Å². The van der Waals surface area contributed by atoms with Crippen molar-refractivity contribution in [1.82, 2.24) is 4.90 Å². The molecular formula is C17H25NO2. The van der Waals surface area contributed by atoms with E-state index >= 15 is 0 Å². The second-order valence-electron chi connectivity index (χ2n) is 6.21. The summed E-state index contributed by atoms with van der Waals surface area (Å²) in [7, 11) is 1.80. The summed E-state index contributed by atoms with van der Waals surface area (Å²) in [4.78, 5) is 2.62. The Hall–Kier alpha value is -1.06. The van der Waals surface area contributed by atoms with E-state index in [9.17, 15) is 5.11 Å². The largest absolute Gasteiger partial charge is 0.508 e. The van der Waals surface area contributed by atoms with Crippen molar-refractivity contribution in [3.63, 3.8) is 0 Å². The monoisotopic (exact) mass is 275 g/mol. The normalized spacial score (nSPS) is 27.2. The van der Waals surface area contributed by atoms with E-state index in [0.29, 0.717) is 17.7 Å². The number of hydrogen-bond donors (Lipinski definition) is 1. The molecule has 2 atom stereocenters. The van der Waals surface area contributed by atoms with Crippen LogP contribution in [0, 0.1) is 5.92 Å². The Morgan fingerprint density at radius 2 is 2.20 bits per heavy atom. The Labute approximate surface area is 121 Å². The molecule has 1 aromatic carbocycles. The lowest BCUT2D eigenvalue weighted by atomic mass is 9.84. The maximum atomic E-state index is 10.1. The van der Waals surface area contributed by atoms with Gasteiger partial charge in [-0.1, -0.05) is 12.1 Å². The van der Waals surface area contributed by atoms with Crippen molar-refractivity contribution in [3.8, 4) is 5.75 Å². The van der Waals surface area contributed by atoms with Gasteiger partial charge in [0.05, 0.1) is 6.61 Å². The molecule has 3 heteroatoms. The van der Waals surface area contributed by atoms with E-state index in [2.05, 4.69) is 11.0 Å². The molecule has 0 bridgehead atoms. The first kappa shape index (κ1) is 13.9. The lowest BCUT2D eigenvalue weighted by molar-refractivity contribution is 0.0627. The van der Waals surface area contributed by atoms with Crippen molar-refractivity contribution >= 4 is 0 Å². The minimum atomic E-state index is 0.484. The topological polar surface area (TPSA) is 32.7 Å². The van der Waals surface area contributed by atoms with E-state index in [1.54, 1.807) is 7.11 Å². The van der Waals surface area contributed by atoms with Crippen LogP contribution >= 0.6 is 0 Å². The van der Waals surface area contributed by atoms with Crippen LogP contribution < -0.4 is 0 Å². The molecule has 1 aliphatic heterocycles. The highest BCUT2D eigenvalue weighted by Gasteiger charge is 2.30. The number of aromatic hydroxyl groups is 1. The number of phenols is 1. The molecule has 3 nitrogen and oxygen atoms in total. The zero-order valence-corrected chi connectivity index (χ0v) is 12.3. The molecule has 1 N–H and O–H groups in total. The number of likely N-dealkylation sites (tertiary alicyclic amines) is 1. The molecule has 2 aliphatic rings. The van der Waals surface area contributed by atoms with Crippen LogP contribution in [0.5, 0.6) is 5.75 Å². The number of hydrogen-bond acceptors (Lipinski definition) is 3. The number of fused-ring (bicyclic) bond motifs is 1. The van der Waals surface area contributed by atoms with E-state index in [1.165, 1.54) is 43.4 Å². The van der Waals surface area contributed by atoms with Crippen molar-refractivity contribution < 1.29 is 9.84 Å². The van der Waals surface area contributed by atoms with Crippen LogP contribution in [0.15, 0.2) is 18.2 Å². The van der Waals surface area contributed by atoms with Gasteiger partial charge in [0.1, 0.15) is 5.75 Å². The molecule has 0 radical (unpaired) electrons. The molecule has 1 fully saturated rings. The van der Waals surface area contributed by atoms with Gasteiger partial charge in [-0.3, -0.25) is 4.90 Å². The number of nitrogens with zero attached hydrogens (tertiary/aromatic N) is 1. The van der Waals surface area contributed by atoms with Crippen molar-refractivity contribution in [3.05, 3.63) is 29.3 Å². The summed E-state index contributed by atoms with van der Waals surface area (Å²) in [5, 5.41) is 10.1. The van der Waals surface area contributed by atoms with Crippen LogP contribution in [0.25, 0.3) is 0 Å². The highest BCUT2D eigenvalue weighted by molar-refractivity contribution is 5.42. The molecule has 0 aromatic heterocycles. The fraction of sp³-hybridized carbons (Fsp3) is 0.647. The SMILES string of the molecule is COCC1CCCN(C2CCCc3c(O)cccc32)C1. The zero-order valence-electron chi connectivity index (χ0n) is 12.3. The van der Waals surface area contributed by atoms with E-state index < -0.39 is 0 Å². The van der Waals surface area contributed by atoms with E-state index in [-0.39, 0.29) is 0 Å². The summed E-state index contributed by atoms with van der Waals surface area (Å²) in [6.07, 6.45) is 5.97. The van der Waals surface area contributed by atoms with Crippen LogP contribution in [0.2, 0.25) is 0 Å². The molecule has 0 spiro atoms. The molecule has 0 saturated carbocycles. The van der Waals surface area contributed by atoms with Crippen molar-refractivity contribution in [2.45, 2.75) is 38.1 Å². The molecule has 110 valence electrons. The maximum Gasteiger partial charge on any atom is 0.119 e. The van der Waals surface area contributed by atoms with Crippen LogP contribution in [0.3, 0.4) is 0 Å². The number of ether oxygens (including phenoxy) is 1. The van der Waals surface area contributed by atoms with Crippen molar-refractivity contribution in [2.75, 3.05) is 26.8 Å². The predicted octanol–water partition coefficient (Wildman–Crippen LogP) is 3.13. The van der Waals surface area contributed by atoms with Gasteiger partial charge in [0, 0.05) is 19.7 Å². The van der Waals surface area contributed by atoms with E-state index in [0.717, 1.165) is 19.6 Å². The van der Waals surface area contributed by atoms with Gasteiger partial charge in [-0.2, -0.15) is 0 Å². The lowest BCUT2D eigenvalue weighted by Crippen LogP contribution is -2.40. The molecule has 0 amide bonds. The molecule has 3 rings (SSSR count). The summed E-state index contributed by atoms with van der Waals surface area (Å²) < 4.78 is 5.34. The third kappa shape index (κ3) is 2.70.